The molecule has 33 heavy (non-hydrogen) atoms. The van der Waals surface area contributed by atoms with E-state index >= 15 is 0 Å². The van der Waals surface area contributed by atoms with E-state index < -0.39 is 11.6 Å². The maximum absolute atomic E-state index is 13.2. The van der Waals surface area contributed by atoms with Crippen molar-refractivity contribution in [2.45, 2.75) is 38.8 Å². The first-order chi connectivity index (χ1) is 15.7. The third-order valence-corrected chi connectivity index (χ3v) is 6.08. The van der Waals surface area contributed by atoms with Gasteiger partial charge in [-0.3, -0.25) is 9.59 Å². The number of carbonyl (C=O) groups is 2. The first-order valence-corrected chi connectivity index (χ1v) is 11.2. The molecule has 0 radical (unpaired) electrons. The van der Waals surface area contributed by atoms with Crippen molar-refractivity contribution < 1.29 is 19.4 Å². The van der Waals surface area contributed by atoms with Crippen LogP contribution in [0.1, 0.15) is 39.5 Å². The topological polar surface area (TPSA) is 66.8 Å². The van der Waals surface area contributed by atoms with Crippen molar-refractivity contribution in [1.29, 1.82) is 0 Å². The molecule has 5 nitrogen and oxygen atoms in total. The van der Waals surface area contributed by atoms with Gasteiger partial charge in [-0.2, -0.15) is 0 Å². The standard InChI is InChI=1S/C27H26ClNO4/c1-18-3-5-20(6-4-18)16-29(17-25(30)31)26(32)21-9-12-24-22(13-21)15-27(2,33-24)14-19-7-10-23(28)11-8-19/h3-13H,14-17H2,1-2H3,(H,30,31). The van der Waals surface area contributed by atoms with Crippen molar-refractivity contribution in [3.8, 4) is 5.75 Å². The predicted octanol–water partition coefficient (Wildman–Crippen LogP) is 5.31. The number of rotatable bonds is 7. The number of halogens is 1. The summed E-state index contributed by atoms with van der Waals surface area (Å²) in [6.07, 6.45) is 1.36. The molecule has 1 N–H and O–H groups in total. The van der Waals surface area contributed by atoms with Gasteiger partial charge in [-0.25, -0.2) is 0 Å². The van der Waals surface area contributed by atoms with Crippen LogP contribution in [0.5, 0.6) is 5.75 Å². The molecule has 0 aromatic heterocycles. The second-order valence-corrected chi connectivity index (χ2v) is 9.33. The van der Waals surface area contributed by atoms with E-state index in [1.54, 1.807) is 12.1 Å². The van der Waals surface area contributed by atoms with Gasteiger partial charge in [0.25, 0.3) is 5.91 Å². The van der Waals surface area contributed by atoms with E-state index in [0.29, 0.717) is 23.4 Å². The minimum Gasteiger partial charge on any atom is -0.487 e. The molecule has 3 aromatic carbocycles. The second-order valence-electron chi connectivity index (χ2n) is 8.90. The van der Waals surface area contributed by atoms with Crippen molar-refractivity contribution in [3.05, 3.63) is 99.6 Å². The summed E-state index contributed by atoms with van der Waals surface area (Å²) in [6.45, 7) is 3.90. The molecule has 1 aliphatic heterocycles. The molecule has 1 aliphatic rings. The number of carboxylic acids is 1. The summed E-state index contributed by atoms with van der Waals surface area (Å²) in [5.41, 5.74) is 4.09. The van der Waals surface area contributed by atoms with Crippen LogP contribution in [-0.4, -0.2) is 34.0 Å². The van der Waals surface area contributed by atoms with Gasteiger partial charge >= 0.3 is 5.97 Å². The van der Waals surface area contributed by atoms with E-state index in [-0.39, 0.29) is 19.0 Å². The van der Waals surface area contributed by atoms with Gasteiger partial charge in [0, 0.05) is 30.0 Å². The first-order valence-electron chi connectivity index (χ1n) is 10.8. The van der Waals surface area contributed by atoms with Crippen LogP contribution in [0.15, 0.2) is 66.7 Å². The fourth-order valence-electron chi connectivity index (χ4n) is 4.25. The Balaban J connectivity index is 1.52. The number of fused-ring (bicyclic) bond motifs is 1. The van der Waals surface area contributed by atoms with Gasteiger partial charge in [-0.1, -0.05) is 53.6 Å². The van der Waals surface area contributed by atoms with E-state index in [1.807, 2.05) is 61.5 Å². The highest BCUT2D eigenvalue weighted by atomic mass is 35.5. The van der Waals surface area contributed by atoms with Crippen molar-refractivity contribution in [2.24, 2.45) is 0 Å². The minimum atomic E-state index is -1.05. The second kappa shape index (κ2) is 9.28. The maximum atomic E-state index is 13.2. The maximum Gasteiger partial charge on any atom is 0.323 e. The van der Waals surface area contributed by atoms with Crippen molar-refractivity contribution in [1.82, 2.24) is 4.90 Å². The number of amides is 1. The Morgan fingerprint density at radius 1 is 1.03 bits per heavy atom. The zero-order valence-corrected chi connectivity index (χ0v) is 19.4. The largest absolute Gasteiger partial charge is 0.487 e. The highest BCUT2D eigenvalue weighted by Crippen LogP contribution is 2.37. The molecule has 6 heteroatoms. The number of carbonyl (C=O) groups excluding carboxylic acids is 1. The lowest BCUT2D eigenvalue weighted by Gasteiger charge is -2.24. The van der Waals surface area contributed by atoms with Crippen molar-refractivity contribution >= 4 is 23.5 Å². The highest BCUT2D eigenvalue weighted by molar-refractivity contribution is 6.30. The predicted molar refractivity (Wildman–Crippen MR) is 128 cm³/mol. The minimum absolute atomic E-state index is 0.229. The van der Waals surface area contributed by atoms with Crippen LogP contribution in [0.3, 0.4) is 0 Å². The number of carboxylic acid groups (broad SMARTS) is 1. The van der Waals surface area contributed by atoms with Crippen LogP contribution in [0.4, 0.5) is 0 Å². The Morgan fingerprint density at radius 2 is 1.70 bits per heavy atom. The fourth-order valence-corrected chi connectivity index (χ4v) is 4.37. The highest BCUT2D eigenvalue weighted by Gasteiger charge is 2.35. The summed E-state index contributed by atoms with van der Waals surface area (Å²) in [5, 5.41) is 10.1. The quantitative estimate of drug-likeness (QED) is 0.515. The number of aliphatic carboxylic acids is 1. The number of hydrogen-bond donors (Lipinski definition) is 1. The summed E-state index contributed by atoms with van der Waals surface area (Å²) in [7, 11) is 0. The molecule has 0 fully saturated rings. The molecule has 0 saturated heterocycles. The Hall–Kier alpha value is -3.31. The van der Waals surface area contributed by atoms with E-state index in [0.717, 1.165) is 28.0 Å². The number of benzene rings is 3. The van der Waals surface area contributed by atoms with Crippen molar-refractivity contribution in [2.75, 3.05) is 6.54 Å². The normalized spacial score (nSPS) is 16.7. The molecule has 0 spiro atoms. The van der Waals surface area contributed by atoms with E-state index in [1.165, 1.54) is 4.90 Å². The molecule has 3 aromatic rings. The van der Waals surface area contributed by atoms with Crippen LogP contribution in [0.25, 0.3) is 0 Å². The molecule has 1 amide bonds. The lowest BCUT2D eigenvalue weighted by atomic mass is 9.91. The van der Waals surface area contributed by atoms with E-state index in [9.17, 15) is 14.7 Å². The average molecular weight is 464 g/mol. The molecule has 0 aliphatic carbocycles. The van der Waals surface area contributed by atoms with Crippen LogP contribution < -0.4 is 4.74 Å². The van der Waals surface area contributed by atoms with Gasteiger partial charge in [0.1, 0.15) is 17.9 Å². The van der Waals surface area contributed by atoms with Crippen LogP contribution in [0, 0.1) is 6.92 Å². The monoisotopic (exact) mass is 463 g/mol. The molecule has 4 rings (SSSR count). The van der Waals surface area contributed by atoms with Crippen LogP contribution >= 0.6 is 11.6 Å². The third-order valence-electron chi connectivity index (χ3n) is 5.83. The average Bonchev–Trinajstić information content (AvgIpc) is 3.10. The van der Waals surface area contributed by atoms with Crippen LogP contribution in [0.2, 0.25) is 5.02 Å². The summed E-state index contributed by atoms with van der Waals surface area (Å²) in [4.78, 5) is 26.0. The lowest BCUT2D eigenvalue weighted by molar-refractivity contribution is -0.137. The van der Waals surface area contributed by atoms with E-state index in [4.69, 9.17) is 16.3 Å². The molecular formula is C27H26ClNO4. The zero-order chi connectivity index (χ0) is 23.6. The Labute approximate surface area is 198 Å². The Bertz CT molecular complexity index is 1170. The van der Waals surface area contributed by atoms with Gasteiger partial charge in [-0.05, 0) is 60.9 Å². The molecular weight excluding hydrogens is 438 g/mol. The lowest BCUT2D eigenvalue weighted by Crippen LogP contribution is -2.35. The summed E-state index contributed by atoms with van der Waals surface area (Å²) in [6, 6.07) is 20.8. The third kappa shape index (κ3) is 5.55. The smallest absolute Gasteiger partial charge is 0.323 e. The number of nitrogens with zero attached hydrogens (tertiary/aromatic N) is 1. The van der Waals surface area contributed by atoms with Crippen LogP contribution in [-0.2, 0) is 24.2 Å². The Morgan fingerprint density at radius 3 is 2.36 bits per heavy atom. The number of aryl methyl sites for hydroxylation is 1. The number of ether oxygens (including phenoxy) is 1. The first kappa shape index (κ1) is 22.9. The summed E-state index contributed by atoms with van der Waals surface area (Å²) >= 11 is 5.99. The zero-order valence-electron chi connectivity index (χ0n) is 18.7. The molecule has 1 unspecified atom stereocenters. The van der Waals surface area contributed by atoms with Gasteiger partial charge < -0.3 is 14.7 Å². The molecule has 1 heterocycles. The van der Waals surface area contributed by atoms with E-state index in [2.05, 4.69) is 6.92 Å². The summed E-state index contributed by atoms with van der Waals surface area (Å²) in [5.74, 6) is -0.603. The summed E-state index contributed by atoms with van der Waals surface area (Å²) < 4.78 is 6.24. The van der Waals surface area contributed by atoms with Gasteiger partial charge in [0.2, 0.25) is 0 Å². The molecule has 170 valence electrons. The SMILES string of the molecule is Cc1ccc(CN(CC(=O)O)C(=O)c2ccc3c(c2)CC(C)(Cc2ccc(Cl)cc2)O3)cc1. The molecule has 1 atom stereocenters. The van der Waals surface area contributed by atoms with Gasteiger partial charge in [0.15, 0.2) is 0 Å². The fraction of sp³-hybridized carbons (Fsp3) is 0.259. The molecule has 0 bridgehead atoms. The van der Waals surface area contributed by atoms with Gasteiger partial charge in [-0.15, -0.1) is 0 Å². The number of hydrogen-bond acceptors (Lipinski definition) is 3. The van der Waals surface area contributed by atoms with Crippen molar-refractivity contribution in [3.63, 3.8) is 0 Å². The van der Waals surface area contributed by atoms with Gasteiger partial charge in [0.05, 0.1) is 0 Å². The molecule has 0 saturated carbocycles. The Kier molecular flexibility index (Phi) is 6.43.